The fourth-order valence-electron chi connectivity index (χ4n) is 4.50. The number of pyridine rings is 1. The number of carbonyl (C=O) groups is 1. The van der Waals surface area contributed by atoms with Crippen molar-refractivity contribution in [2.45, 2.75) is 44.1 Å². The first kappa shape index (κ1) is 20.9. The zero-order chi connectivity index (χ0) is 23.3. The lowest BCUT2D eigenvalue weighted by Gasteiger charge is -2.34. The number of carbonyl (C=O) groups excluding carboxylic acids is 1. The zero-order valence-corrected chi connectivity index (χ0v) is 19.4. The zero-order valence-electron chi connectivity index (χ0n) is 18.6. The summed E-state index contributed by atoms with van der Waals surface area (Å²) in [7, 11) is 0. The van der Waals surface area contributed by atoms with Crippen LogP contribution in [0.4, 0.5) is 23.4 Å². The topological polar surface area (TPSA) is 116 Å². The molecule has 0 bridgehead atoms. The third-order valence-electron chi connectivity index (χ3n) is 6.61. The first-order valence-electron chi connectivity index (χ1n) is 11.4. The average molecular weight is 478 g/mol. The number of H-pyrrole nitrogens is 1. The Labute approximate surface area is 200 Å². The Balaban J connectivity index is 1.32. The largest absolute Gasteiger partial charge is 0.326 e. The molecule has 2 aliphatic rings. The van der Waals surface area contributed by atoms with E-state index >= 15 is 0 Å². The highest BCUT2D eigenvalue weighted by atomic mass is 35.5. The second-order valence-electron chi connectivity index (χ2n) is 9.02. The third-order valence-corrected chi connectivity index (χ3v) is 6.91. The lowest BCUT2D eigenvalue weighted by molar-refractivity contribution is -0.120. The fraction of sp³-hybridized carbons (Fsp3) is 0.348. The van der Waals surface area contributed by atoms with Gasteiger partial charge in [0.25, 0.3) is 0 Å². The molecule has 0 radical (unpaired) electrons. The highest BCUT2D eigenvalue weighted by Gasteiger charge is 2.45. The highest BCUT2D eigenvalue weighted by Crippen LogP contribution is 2.40. The molecule has 4 aromatic rings. The van der Waals surface area contributed by atoms with Crippen LogP contribution in [0.3, 0.4) is 0 Å². The van der Waals surface area contributed by atoms with Gasteiger partial charge < -0.3 is 15.5 Å². The van der Waals surface area contributed by atoms with Crippen molar-refractivity contribution in [1.82, 2.24) is 29.5 Å². The van der Waals surface area contributed by atoms with E-state index in [0.29, 0.717) is 42.3 Å². The summed E-state index contributed by atoms with van der Waals surface area (Å²) in [6, 6.07) is 9.33. The molecule has 1 aliphatic carbocycles. The average Bonchev–Trinajstić information content (AvgIpc) is 3.20. The van der Waals surface area contributed by atoms with Crippen LogP contribution in [-0.4, -0.2) is 47.5 Å². The molecule has 1 atom stereocenters. The number of fused-ring (bicyclic) bond motifs is 1. The van der Waals surface area contributed by atoms with Gasteiger partial charge in [-0.15, -0.1) is 0 Å². The van der Waals surface area contributed by atoms with Crippen LogP contribution in [0.15, 0.2) is 42.7 Å². The maximum absolute atomic E-state index is 13.4. The second-order valence-corrected chi connectivity index (χ2v) is 9.37. The fourth-order valence-corrected chi connectivity index (χ4v) is 4.67. The Morgan fingerprint density at radius 1 is 1.26 bits per heavy atom. The van der Waals surface area contributed by atoms with Crippen LogP contribution in [0, 0.1) is 0 Å². The van der Waals surface area contributed by atoms with Gasteiger partial charge in [-0.3, -0.25) is 14.3 Å². The summed E-state index contributed by atoms with van der Waals surface area (Å²) >= 11 is 6.17. The molecule has 10 nitrogen and oxygen atoms in total. The van der Waals surface area contributed by atoms with Gasteiger partial charge >= 0.3 is 0 Å². The minimum Gasteiger partial charge on any atom is -0.326 e. The van der Waals surface area contributed by atoms with Crippen molar-refractivity contribution in [1.29, 1.82) is 0 Å². The molecular formula is C23H24ClN9O. The van der Waals surface area contributed by atoms with Gasteiger partial charge in [-0.05, 0) is 56.9 Å². The van der Waals surface area contributed by atoms with Crippen molar-refractivity contribution in [2.75, 3.05) is 22.1 Å². The number of aromatic nitrogens is 6. The van der Waals surface area contributed by atoms with E-state index in [9.17, 15) is 4.79 Å². The molecule has 4 aromatic heterocycles. The Kier molecular flexibility index (Phi) is 4.91. The SMILES string of the molecule is C[C@@]1(C(=O)Nc2cccnc2Cl)CCCN1c1nc(Nc2cc(C3CC3)[nH]n2)n2cccc2n1. The Hall–Kier alpha value is -3.66. The number of halogens is 1. The molecule has 5 heterocycles. The van der Waals surface area contributed by atoms with Gasteiger partial charge in [0.1, 0.15) is 11.2 Å². The van der Waals surface area contributed by atoms with Gasteiger partial charge in [0.15, 0.2) is 11.0 Å². The summed E-state index contributed by atoms with van der Waals surface area (Å²) in [5, 5.41) is 14.0. The summed E-state index contributed by atoms with van der Waals surface area (Å²) in [5.74, 6) is 2.18. The van der Waals surface area contributed by atoms with Crippen molar-refractivity contribution in [3.8, 4) is 0 Å². The van der Waals surface area contributed by atoms with E-state index in [1.807, 2.05) is 40.6 Å². The van der Waals surface area contributed by atoms with E-state index in [4.69, 9.17) is 21.6 Å². The smallest absolute Gasteiger partial charge is 0.250 e. The highest BCUT2D eigenvalue weighted by molar-refractivity contribution is 6.32. The van der Waals surface area contributed by atoms with Gasteiger partial charge in [0.2, 0.25) is 17.8 Å². The van der Waals surface area contributed by atoms with Crippen molar-refractivity contribution in [3.63, 3.8) is 0 Å². The van der Waals surface area contributed by atoms with Crippen LogP contribution in [0.2, 0.25) is 5.15 Å². The van der Waals surface area contributed by atoms with Crippen LogP contribution in [0.25, 0.3) is 5.65 Å². The minimum atomic E-state index is -0.840. The second kappa shape index (κ2) is 7.98. The minimum absolute atomic E-state index is 0.172. The Bertz CT molecular complexity index is 1380. The lowest BCUT2D eigenvalue weighted by atomic mass is 9.97. The van der Waals surface area contributed by atoms with Gasteiger partial charge in [-0.1, -0.05) is 11.6 Å². The van der Waals surface area contributed by atoms with Gasteiger partial charge in [-0.25, -0.2) is 4.98 Å². The van der Waals surface area contributed by atoms with Crippen LogP contribution >= 0.6 is 11.6 Å². The molecule has 1 amide bonds. The molecule has 11 heteroatoms. The van der Waals surface area contributed by atoms with Crippen LogP contribution in [-0.2, 0) is 4.79 Å². The molecular weight excluding hydrogens is 454 g/mol. The quantitative estimate of drug-likeness (QED) is 0.358. The van der Waals surface area contributed by atoms with Crippen LogP contribution < -0.4 is 15.5 Å². The number of nitrogens with one attached hydrogen (secondary N) is 3. The molecule has 0 aromatic carbocycles. The number of anilines is 4. The molecule has 1 saturated heterocycles. The first-order valence-corrected chi connectivity index (χ1v) is 11.8. The number of rotatable bonds is 6. The third kappa shape index (κ3) is 3.63. The maximum atomic E-state index is 13.4. The molecule has 0 spiro atoms. The van der Waals surface area contributed by atoms with Gasteiger partial charge in [0, 0.05) is 36.6 Å². The van der Waals surface area contributed by atoms with Crippen LogP contribution in [0.5, 0.6) is 0 Å². The van der Waals surface area contributed by atoms with Crippen molar-refractivity contribution >= 4 is 46.6 Å². The number of aromatic amines is 1. The van der Waals surface area contributed by atoms with Crippen molar-refractivity contribution in [3.05, 3.63) is 53.6 Å². The summed E-state index contributed by atoms with van der Waals surface area (Å²) in [6.45, 7) is 2.57. The molecule has 34 heavy (non-hydrogen) atoms. The van der Waals surface area contributed by atoms with Crippen molar-refractivity contribution in [2.24, 2.45) is 0 Å². The molecule has 174 valence electrons. The Morgan fingerprint density at radius 3 is 2.97 bits per heavy atom. The molecule has 1 saturated carbocycles. The summed E-state index contributed by atoms with van der Waals surface area (Å²) < 4.78 is 1.87. The van der Waals surface area contributed by atoms with E-state index in [-0.39, 0.29) is 11.1 Å². The van der Waals surface area contributed by atoms with Gasteiger partial charge in [0.05, 0.1) is 5.69 Å². The van der Waals surface area contributed by atoms with E-state index in [2.05, 4.69) is 25.8 Å². The van der Waals surface area contributed by atoms with E-state index in [1.165, 1.54) is 12.8 Å². The molecule has 3 N–H and O–H groups in total. The monoisotopic (exact) mass is 477 g/mol. The van der Waals surface area contributed by atoms with Gasteiger partial charge in [-0.2, -0.15) is 15.1 Å². The standard InChI is InChI=1S/C23H24ClN9O/c1-23(20(34)26-15-5-2-10-25-19(15)24)9-4-12-33(23)22-28-18-6-3-11-32(18)21(29-22)27-17-13-16(30-31-17)14-7-8-14/h2-3,5-6,10-11,13-14H,4,7-9,12H2,1H3,(H,26,34)(H2,27,28,29,30,31)/t23-/m0/s1. The maximum Gasteiger partial charge on any atom is 0.250 e. The molecule has 2 fully saturated rings. The number of amides is 1. The number of nitrogens with zero attached hydrogens (tertiary/aromatic N) is 6. The lowest BCUT2D eigenvalue weighted by Crippen LogP contribution is -2.51. The summed E-state index contributed by atoms with van der Waals surface area (Å²) in [6.07, 6.45) is 7.38. The molecule has 6 rings (SSSR count). The van der Waals surface area contributed by atoms with Crippen molar-refractivity contribution < 1.29 is 4.79 Å². The number of hydrogen-bond acceptors (Lipinski definition) is 7. The van der Waals surface area contributed by atoms with E-state index in [1.54, 1.807) is 18.3 Å². The molecule has 1 aliphatic heterocycles. The summed E-state index contributed by atoms with van der Waals surface area (Å²) in [4.78, 5) is 29.0. The normalized spacial score (nSPS) is 20.1. The van der Waals surface area contributed by atoms with E-state index in [0.717, 1.165) is 17.8 Å². The first-order chi connectivity index (χ1) is 16.5. The van der Waals surface area contributed by atoms with E-state index < -0.39 is 5.54 Å². The predicted octanol–water partition coefficient (Wildman–Crippen LogP) is 4.12. The predicted molar refractivity (Wildman–Crippen MR) is 130 cm³/mol. The molecule has 0 unspecified atom stereocenters. The van der Waals surface area contributed by atoms with Crippen LogP contribution in [0.1, 0.15) is 44.2 Å². The Morgan fingerprint density at radius 2 is 2.15 bits per heavy atom. The summed E-state index contributed by atoms with van der Waals surface area (Å²) in [5.41, 5.74) is 1.51. The number of hydrogen-bond donors (Lipinski definition) is 3.